The van der Waals surface area contributed by atoms with Crippen molar-refractivity contribution in [3.8, 4) is 11.6 Å². The standard InChI is InChI=1S/C23H27FN4O3/c1-15(2)28-9-7-19(8-10-28)30-20-11-17-12-21(27-22(17)25-14-20)31-23(29)26-13-16-3-5-18(24)6-4-16/h3-6,11-12,14-15,19H,7-10,13H2,1-2H3,(H,25,27)(H,26,29). The van der Waals surface area contributed by atoms with Gasteiger partial charge in [-0.3, -0.25) is 0 Å². The van der Waals surface area contributed by atoms with E-state index >= 15 is 0 Å². The molecule has 1 fully saturated rings. The van der Waals surface area contributed by atoms with Crippen molar-refractivity contribution in [3.05, 3.63) is 54.0 Å². The van der Waals surface area contributed by atoms with Gasteiger partial charge < -0.3 is 24.7 Å². The van der Waals surface area contributed by atoms with Crippen LogP contribution in [0.15, 0.2) is 42.6 Å². The molecule has 1 amide bonds. The molecule has 1 aromatic carbocycles. The van der Waals surface area contributed by atoms with Crippen molar-refractivity contribution >= 4 is 17.1 Å². The third kappa shape index (κ3) is 5.52. The lowest BCUT2D eigenvalue weighted by molar-refractivity contribution is 0.0842. The number of nitrogens with one attached hydrogen (secondary N) is 2. The van der Waals surface area contributed by atoms with Gasteiger partial charge >= 0.3 is 6.09 Å². The highest BCUT2D eigenvalue weighted by Crippen LogP contribution is 2.25. The summed E-state index contributed by atoms with van der Waals surface area (Å²) in [5.74, 6) is 0.685. The molecule has 0 radical (unpaired) electrons. The van der Waals surface area contributed by atoms with Gasteiger partial charge in [0.2, 0.25) is 5.88 Å². The molecular weight excluding hydrogens is 399 g/mol. The van der Waals surface area contributed by atoms with Crippen LogP contribution in [-0.4, -0.2) is 46.2 Å². The Morgan fingerprint density at radius 1 is 1.26 bits per heavy atom. The van der Waals surface area contributed by atoms with E-state index in [2.05, 4.69) is 34.0 Å². The second kappa shape index (κ2) is 9.34. The van der Waals surface area contributed by atoms with Crippen molar-refractivity contribution in [2.24, 2.45) is 0 Å². The van der Waals surface area contributed by atoms with Crippen molar-refractivity contribution in [1.82, 2.24) is 20.2 Å². The number of pyridine rings is 1. The molecule has 1 aliphatic heterocycles. The topological polar surface area (TPSA) is 79.5 Å². The Bertz CT molecular complexity index is 1030. The molecule has 0 spiro atoms. The van der Waals surface area contributed by atoms with E-state index in [4.69, 9.17) is 9.47 Å². The van der Waals surface area contributed by atoms with Gasteiger partial charge in [0.05, 0.1) is 6.20 Å². The zero-order valence-electron chi connectivity index (χ0n) is 17.7. The fraction of sp³-hybridized carbons (Fsp3) is 0.391. The zero-order valence-corrected chi connectivity index (χ0v) is 17.7. The van der Waals surface area contributed by atoms with Crippen LogP contribution in [0.2, 0.25) is 0 Å². The Morgan fingerprint density at radius 3 is 2.71 bits per heavy atom. The third-order valence-electron chi connectivity index (χ3n) is 5.48. The Labute approximate surface area is 180 Å². The van der Waals surface area contributed by atoms with Crippen LogP contribution in [0.4, 0.5) is 9.18 Å². The second-order valence-corrected chi connectivity index (χ2v) is 8.06. The Morgan fingerprint density at radius 2 is 2.00 bits per heavy atom. The third-order valence-corrected chi connectivity index (χ3v) is 5.48. The largest absolute Gasteiger partial charge is 0.489 e. The van der Waals surface area contributed by atoms with Crippen molar-refractivity contribution in [1.29, 1.82) is 0 Å². The first kappa shape index (κ1) is 21.1. The molecule has 2 aromatic heterocycles. The highest BCUT2D eigenvalue weighted by Gasteiger charge is 2.22. The minimum absolute atomic E-state index is 0.182. The number of piperidine rings is 1. The molecule has 164 valence electrons. The summed E-state index contributed by atoms with van der Waals surface area (Å²) >= 11 is 0. The molecule has 3 aromatic rings. The van der Waals surface area contributed by atoms with E-state index in [9.17, 15) is 9.18 Å². The molecule has 0 atom stereocenters. The van der Waals surface area contributed by atoms with Crippen molar-refractivity contribution in [3.63, 3.8) is 0 Å². The van der Waals surface area contributed by atoms with Crippen LogP contribution < -0.4 is 14.8 Å². The number of aromatic nitrogens is 2. The number of amides is 1. The van der Waals surface area contributed by atoms with Gasteiger partial charge in [0, 0.05) is 37.1 Å². The summed E-state index contributed by atoms with van der Waals surface area (Å²) in [6.45, 7) is 6.74. The van der Waals surface area contributed by atoms with Gasteiger partial charge in [-0.2, -0.15) is 0 Å². The van der Waals surface area contributed by atoms with Crippen LogP contribution in [-0.2, 0) is 6.54 Å². The molecule has 0 saturated carbocycles. The molecule has 1 aliphatic rings. The number of carbonyl (C=O) groups excluding carboxylic acids is 1. The molecule has 7 nitrogen and oxygen atoms in total. The van der Waals surface area contributed by atoms with Gasteiger partial charge in [-0.25, -0.2) is 14.2 Å². The van der Waals surface area contributed by atoms with Crippen LogP contribution >= 0.6 is 0 Å². The molecule has 0 aliphatic carbocycles. The number of halogens is 1. The predicted molar refractivity (Wildman–Crippen MR) is 116 cm³/mol. The summed E-state index contributed by atoms with van der Waals surface area (Å²) < 4.78 is 24.4. The highest BCUT2D eigenvalue weighted by molar-refractivity contribution is 5.80. The maximum absolute atomic E-state index is 12.9. The average Bonchev–Trinajstić information content (AvgIpc) is 3.15. The Hall–Kier alpha value is -3.13. The summed E-state index contributed by atoms with van der Waals surface area (Å²) in [4.78, 5) is 21.9. The van der Waals surface area contributed by atoms with E-state index in [-0.39, 0.29) is 18.5 Å². The first-order valence-electron chi connectivity index (χ1n) is 10.6. The summed E-state index contributed by atoms with van der Waals surface area (Å²) in [5.41, 5.74) is 1.39. The highest BCUT2D eigenvalue weighted by atomic mass is 19.1. The van der Waals surface area contributed by atoms with Gasteiger partial charge in [-0.05, 0) is 50.5 Å². The lowest BCUT2D eigenvalue weighted by Gasteiger charge is -2.34. The maximum Gasteiger partial charge on any atom is 0.414 e. The SMILES string of the molecule is CC(C)N1CCC(Oc2cnc3[nH]c(OC(=O)NCc4ccc(F)cc4)cc3c2)CC1. The predicted octanol–water partition coefficient (Wildman–Crippen LogP) is 4.24. The van der Waals surface area contributed by atoms with Gasteiger partial charge in [0.1, 0.15) is 23.3 Å². The molecule has 0 bridgehead atoms. The average molecular weight is 426 g/mol. The number of aromatic amines is 1. The monoisotopic (exact) mass is 426 g/mol. The van der Waals surface area contributed by atoms with E-state index in [0.717, 1.165) is 36.9 Å². The number of carbonyl (C=O) groups is 1. The fourth-order valence-corrected chi connectivity index (χ4v) is 3.70. The number of H-pyrrole nitrogens is 1. The molecule has 4 rings (SSSR count). The number of likely N-dealkylation sites (tertiary alicyclic amines) is 1. The first-order chi connectivity index (χ1) is 15.0. The van der Waals surface area contributed by atoms with E-state index in [1.807, 2.05) is 6.07 Å². The number of fused-ring (bicyclic) bond motifs is 1. The number of hydrogen-bond donors (Lipinski definition) is 2. The summed E-state index contributed by atoms with van der Waals surface area (Å²) in [5, 5.41) is 3.44. The molecule has 2 N–H and O–H groups in total. The zero-order chi connectivity index (χ0) is 21.8. The van der Waals surface area contributed by atoms with Crippen LogP contribution in [0.25, 0.3) is 11.0 Å². The maximum atomic E-state index is 12.9. The number of rotatable bonds is 6. The minimum atomic E-state index is -0.607. The molecule has 0 unspecified atom stereocenters. The van der Waals surface area contributed by atoms with Crippen LogP contribution in [0.5, 0.6) is 11.6 Å². The van der Waals surface area contributed by atoms with E-state index in [1.165, 1.54) is 12.1 Å². The summed E-state index contributed by atoms with van der Waals surface area (Å²) in [6.07, 6.45) is 3.25. The molecule has 1 saturated heterocycles. The van der Waals surface area contributed by atoms with E-state index in [0.29, 0.717) is 23.3 Å². The Kier molecular flexibility index (Phi) is 6.36. The Balaban J connectivity index is 1.32. The lowest BCUT2D eigenvalue weighted by Crippen LogP contribution is -2.41. The van der Waals surface area contributed by atoms with Crippen LogP contribution in [0.1, 0.15) is 32.3 Å². The summed E-state index contributed by atoms with van der Waals surface area (Å²) in [7, 11) is 0. The van der Waals surface area contributed by atoms with Crippen LogP contribution in [0.3, 0.4) is 0 Å². The molecule has 3 heterocycles. The quantitative estimate of drug-likeness (QED) is 0.616. The second-order valence-electron chi connectivity index (χ2n) is 8.06. The van der Waals surface area contributed by atoms with E-state index in [1.54, 1.807) is 24.4 Å². The number of nitrogens with zero attached hydrogens (tertiary/aromatic N) is 2. The smallest absolute Gasteiger partial charge is 0.414 e. The van der Waals surface area contributed by atoms with Gasteiger partial charge in [0.15, 0.2) is 0 Å². The normalized spacial score (nSPS) is 15.4. The van der Waals surface area contributed by atoms with E-state index < -0.39 is 6.09 Å². The van der Waals surface area contributed by atoms with Crippen molar-refractivity contribution in [2.45, 2.75) is 45.4 Å². The lowest BCUT2D eigenvalue weighted by atomic mass is 10.1. The van der Waals surface area contributed by atoms with Crippen LogP contribution in [0, 0.1) is 5.82 Å². The van der Waals surface area contributed by atoms with Gasteiger partial charge in [-0.1, -0.05) is 12.1 Å². The first-order valence-corrected chi connectivity index (χ1v) is 10.6. The van der Waals surface area contributed by atoms with Gasteiger partial charge in [-0.15, -0.1) is 0 Å². The molecule has 8 heteroatoms. The summed E-state index contributed by atoms with van der Waals surface area (Å²) in [6, 6.07) is 10.1. The van der Waals surface area contributed by atoms with Crippen molar-refractivity contribution < 1.29 is 18.7 Å². The van der Waals surface area contributed by atoms with Gasteiger partial charge in [0.25, 0.3) is 0 Å². The number of ether oxygens (including phenoxy) is 2. The van der Waals surface area contributed by atoms with Crippen molar-refractivity contribution in [2.75, 3.05) is 13.1 Å². The molecular formula is C23H27FN4O3. The number of benzene rings is 1. The minimum Gasteiger partial charge on any atom is -0.489 e. The fourth-order valence-electron chi connectivity index (χ4n) is 3.70. The molecule has 31 heavy (non-hydrogen) atoms. The number of hydrogen-bond acceptors (Lipinski definition) is 5.